The van der Waals surface area contributed by atoms with Gasteiger partial charge in [0.25, 0.3) is 0 Å². The summed E-state index contributed by atoms with van der Waals surface area (Å²) in [6, 6.07) is 12.5. The van der Waals surface area contributed by atoms with Crippen LogP contribution in [0.15, 0.2) is 42.5 Å². The van der Waals surface area contributed by atoms with E-state index in [9.17, 15) is 9.90 Å². The van der Waals surface area contributed by atoms with E-state index in [1.807, 2.05) is 29.5 Å². The number of aromatic nitrogens is 3. The number of hydrogen-bond donors (Lipinski definition) is 1. The lowest BCUT2D eigenvalue weighted by Gasteiger charge is -2.06. The van der Waals surface area contributed by atoms with Crippen molar-refractivity contribution >= 4 is 11.6 Å². The van der Waals surface area contributed by atoms with Gasteiger partial charge in [-0.25, -0.2) is 4.79 Å². The molecule has 3 aromatic rings. The largest absolute Gasteiger partial charge is 0.478 e. The van der Waals surface area contributed by atoms with Crippen LogP contribution in [0, 0.1) is 6.92 Å². The Labute approximate surface area is 109 Å². The van der Waals surface area contributed by atoms with Crippen LogP contribution in [0.2, 0.25) is 0 Å². The molecule has 0 bridgehead atoms. The van der Waals surface area contributed by atoms with Gasteiger partial charge in [-0.1, -0.05) is 24.3 Å². The first-order chi connectivity index (χ1) is 9.18. The third kappa shape index (κ3) is 1.76. The standard InChI is InChI=1S/C14H11N3O2/c1-9-5-4-8-12-15-16-13(17(9)12)10-6-2-3-7-11(10)14(18)19/h2-8H,1H3,(H,18,19). The van der Waals surface area contributed by atoms with Gasteiger partial charge in [-0.15, -0.1) is 10.2 Å². The highest BCUT2D eigenvalue weighted by atomic mass is 16.4. The molecule has 94 valence electrons. The Balaban J connectivity index is 2.34. The second kappa shape index (κ2) is 4.20. The fourth-order valence-corrected chi connectivity index (χ4v) is 2.14. The van der Waals surface area contributed by atoms with Gasteiger partial charge in [0.05, 0.1) is 5.56 Å². The summed E-state index contributed by atoms with van der Waals surface area (Å²) in [5.74, 6) is -0.424. The van der Waals surface area contributed by atoms with Crippen LogP contribution in [0.25, 0.3) is 17.0 Å². The number of carbonyl (C=O) groups is 1. The number of rotatable bonds is 2. The van der Waals surface area contributed by atoms with Crippen molar-refractivity contribution in [3.63, 3.8) is 0 Å². The molecule has 1 N–H and O–H groups in total. The Morgan fingerprint density at radius 2 is 1.89 bits per heavy atom. The lowest BCUT2D eigenvalue weighted by molar-refractivity contribution is 0.0697. The monoisotopic (exact) mass is 253 g/mol. The number of hydrogen-bond acceptors (Lipinski definition) is 3. The molecule has 0 aliphatic heterocycles. The maximum atomic E-state index is 11.3. The maximum Gasteiger partial charge on any atom is 0.336 e. The summed E-state index contributed by atoms with van der Waals surface area (Å²) in [4.78, 5) is 11.3. The Morgan fingerprint density at radius 1 is 1.11 bits per heavy atom. The minimum Gasteiger partial charge on any atom is -0.478 e. The number of carboxylic acid groups (broad SMARTS) is 1. The predicted octanol–water partition coefficient (Wildman–Crippen LogP) is 2.40. The van der Waals surface area contributed by atoms with E-state index in [2.05, 4.69) is 10.2 Å². The second-order valence-corrected chi connectivity index (χ2v) is 4.24. The number of fused-ring (bicyclic) bond motifs is 1. The van der Waals surface area contributed by atoms with Crippen molar-refractivity contribution in [3.05, 3.63) is 53.7 Å². The van der Waals surface area contributed by atoms with Crippen LogP contribution in [0.3, 0.4) is 0 Å². The average molecular weight is 253 g/mol. The van der Waals surface area contributed by atoms with Gasteiger partial charge in [0.15, 0.2) is 11.5 Å². The Hall–Kier alpha value is -2.69. The second-order valence-electron chi connectivity index (χ2n) is 4.24. The third-order valence-corrected chi connectivity index (χ3v) is 3.02. The van der Waals surface area contributed by atoms with Gasteiger partial charge in [-0.05, 0) is 25.1 Å². The molecule has 0 fully saturated rings. The number of pyridine rings is 1. The van der Waals surface area contributed by atoms with E-state index < -0.39 is 5.97 Å². The first-order valence-corrected chi connectivity index (χ1v) is 5.82. The van der Waals surface area contributed by atoms with E-state index in [4.69, 9.17) is 0 Å². The number of aromatic carboxylic acids is 1. The molecule has 0 atom stereocenters. The molecule has 0 saturated carbocycles. The van der Waals surface area contributed by atoms with Crippen LogP contribution in [-0.4, -0.2) is 25.7 Å². The van der Waals surface area contributed by atoms with Crippen molar-refractivity contribution in [2.45, 2.75) is 6.92 Å². The molecule has 2 heterocycles. The molecule has 0 radical (unpaired) electrons. The summed E-state index contributed by atoms with van der Waals surface area (Å²) in [7, 11) is 0. The molecule has 5 heteroatoms. The summed E-state index contributed by atoms with van der Waals surface area (Å²) in [5.41, 5.74) is 2.45. The minimum absolute atomic E-state index is 0.222. The Kier molecular flexibility index (Phi) is 2.52. The summed E-state index contributed by atoms with van der Waals surface area (Å²) in [6.45, 7) is 1.93. The molecular weight excluding hydrogens is 242 g/mol. The first kappa shape index (κ1) is 11.4. The zero-order valence-corrected chi connectivity index (χ0v) is 10.2. The van der Waals surface area contributed by atoms with E-state index in [0.29, 0.717) is 17.0 Å². The fraction of sp³-hybridized carbons (Fsp3) is 0.0714. The summed E-state index contributed by atoms with van der Waals surface area (Å²) >= 11 is 0. The summed E-state index contributed by atoms with van der Waals surface area (Å²) in [5, 5.41) is 17.4. The fourth-order valence-electron chi connectivity index (χ4n) is 2.14. The number of benzene rings is 1. The molecule has 0 saturated heterocycles. The molecule has 1 aromatic carbocycles. The SMILES string of the molecule is Cc1cccc2nnc(-c3ccccc3C(=O)O)n12. The zero-order valence-electron chi connectivity index (χ0n) is 10.2. The molecule has 0 aliphatic rings. The molecule has 2 aromatic heterocycles. The summed E-state index contributed by atoms with van der Waals surface area (Å²) < 4.78 is 1.85. The van der Waals surface area contributed by atoms with Crippen LogP contribution in [0.5, 0.6) is 0 Å². The molecule has 0 aliphatic carbocycles. The first-order valence-electron chi connectivity index (χ1n) is 5.82. The van der Waals surface area contributed by atoms with Crippen LogP contribution in [0.4, 0.5) is 0 Å². The van der Waals surface area contributed by atoms with Gasteiger partial charge >= 0.3 is 5.97 Å². The molecule has 0 spiro atoms. The minimum atomic E-state index is -0.971. The quantitative estimate of drug-likeness (QED) is 0.761. The van der Waals surface area contributed by atoms with Crippen molar-refractivity contribution in [1.29, 1.82) is 0 Å². The number of nitrogens with zero attached hydrogens (tertiary/aromatic N) is 3. The maximum absolute atomic E-state index is 11.3. The highest BCUT2D eigenvalue weighted by Gasteiger charge is 2.16. The van der Waals surface area contributed by atoms with Gasteiger partial charge in [-0.3, -0.25) is 4.40 Å². The lowest BCUT2D eigenvalue weighted by atomic mass is 10.1. The van der Waals surface area contributed by atoms with Gasteiger partial charge in [0, 0.05) is 11.3 Å². The Bertz CT molecular complexity index is 777. The zero-order chi connectivity index (χ0) is 13.4. The normalized spacial score (nSPS) is 10.8. The topological polar surface area (TPSA) is 67.5 Å². The predicted molar refractivity (Wildman–Crippen MR) is 70.1 cm³/mol. The highest BCUT2D eigenvalue weighted by Crippen LogP contribution is 2.23. The summed E-state index contributed by atoms with van der Waals surface area (Å²) in [6.07, 6.45) is 0. The van der Waals surface area contributed by atoms with E-state index in [-0.39, 0.29) is 5.56 Å². The molecule has 3 rings (SSSR count). The van der Waals surface area contributed by atoms with Crippen molar-refractivity contribution in [3.8, 4) is 11.4 Å². The van der Waals surface area contributed by atoms with Gasteiger partial charge in [0.2, 0.25) is 0 Å². The van der Waals surface area contributed by atoms with Crippen LogP contribution in [-0.2, 0) is 0 Å². The van der Waals surface area contributed by atoms with Gasteiger partial charge in [-0.2, -0.15) is 0 Å². The molecule has 0 unspecified atom stereocenters. The van der Waals surface area contributed by atoms with Crippen LogP contribution in [0.1, 0.15) is 16.1 Å². The van der Waals surface area contributed by atoms with Gasteiger partial charge in [0.1, 0.15) is 0 Å². The smallest absolute Gasteiger partial charge is 0.336 e. The van der Waals surface area contributed by atoms with Crippen molar-refractivity contribution in [2.75, 3.05) is 0 Å². The Morgan fingerprint density at radius 3 is 2.68 bits per heavy atom. The average Bonchev–Trinajstić information content (AvgIpc) is 2.84. The number of aryl methyl sites for hydroxylation is 1. The molecular formula is C14H11N3O2. The van der Waals surface area contributed by atoms with E-state index >= 15 is 0 Å². The van der Waals surface area contributed by atoms with Crippen LogP contribution >= 0.6 is 0 Å². The molecule has 19 heavy (non-hydrogen) atoms. The molecule has 5 nitrogen and oxygen atoms in total. The lowest BCUT2D eigenvalue weighted by Crippen LogP contribution is -2.02. The van der Waals surface area contributed by atoms with Crippen LogP contribution < -0.4 is 0 Å². The van der Waals surface area contributed by atoms with Crippen molar-refractivity contribution in [1.82, 2.24) is 14.6 Å². The van der Waals surface area contributed by atoms with Crippen molar-refractivity contribution < 1.29 is 9.90 Å². The van der Waals surface area contributed by atoms with E-state index in [1.54, 1.807) is 24.3 Å². The third-order valence-electron chi connectivity index (χ3n) is 3.02. The molecule has 0 amide bonds. The van der Waals surface area contributed by atoms with E-state index in [1.165, 1.54) is 0 Å². The van der Waals surface area contributed by atoms with Crippen molar-refractivity contribution in [2.24, 2.45) is 0 Å². The van der Waals surface area contributed by atoms with Gasteiger partial charge < -0.3 is 5.11 Å². The number of carboxylic acids is 1. The highest BCUT2D eigenvalue weighted by molar-refractivity contribution is 5.95. The van der Waals surface area contributed by atoms with E-state index in [0.717, 1.165) is 5.69 Å².